The lowest BCUT2D eigenvalue weighted by Crippen LogP contribution is -2.37. The second kappa shape index (κ2) is 9.98. The number of morpholine rings is 1. The molecule has 1 fully saturated rings. The second-order valence-corrected chi connectivity index (χ2v) is 7.17. The Labute approximate surface area is 188 Å². The quantitative estimate of drug-likeness (QED) is 0.313. The Balaban J connectivity index is 1.53. The molecule has 164 valence electrons. The summed E-state index contributed by atoms with van der Waals surface area (Å²) in [6.45, 7) is 2.51. The van der Waals surface area contributed by atoms with E-state index in [-0.39, 0.29) is 11.6 Å². The Morgan fingerprint density at radius 2 is 1.72 bits per heavy atom. The highest BCUT2D eigenvalue weighted by Crippen LogP contribution is 2.20. The lowest BCUT2D eigenvalue weighted by molar-refractivity contribution is -0.384. The first-order valence-electron chi connectivity index (χ1n) is 9.72. The van der Waals surface area contributed by atoms with Gasteiger partial charge < -0.3 is 15.0 Å². The van der Waals surface area contributed by atoms with Crippen LogP contribution in [0.4, 0.5) is 29.2 Å². The third kappa shape index (κ3) is 5.65. The Morgan fingerprint density at radius 1 is 1.03 bits per heavy atom. The van der Waals surface area contributed by atoms with E-state index >= 15 is 0 Å². The number of ether oxygens (including phenoxy) is 1. The number of hydrogen-bond donors (Lipinski definition) is 2. The smallest absolute Gasteiger partial charge is 0.269 e. The van der Waals surface area contributed by atoms with Crippen molar-refractivity contribution in [3.8, 4) is 0 Å². The highest BCUT2D eigenvalue weighted by molar-refractivity contribution is 6.30. The molecule has 0 amide bonds. The summed E-state index contributed by atoms with van der Waals surface area (Å²) in [6, 6.07) is 13.2. The number of nitrogens with zero attached hydrogens (tertiary/aromatic N) is 6. The van der Waals surface area contributed by atoms with Gasteiger partial charge in [0.25, 0.3) is 5.69 Å². The minimum absolute atomic E-state index is 0.0145. The maximum atomic E-state index is 10.8. The van der Waals surface area contributed by atoms with Crippen LogP contribution >= 0.6 is 11.6 Å². The monoisotopic (exact) mass is 454 g/mol. The molecular formula is C20H19ClN8O3. The number of halogens is 1. The Morgan fingerprint density at radius 3 is 2.41 bits per heavy atom. The molecule has 0 radical (unpaired) electrons. The number of aromatic nitrogens is 3. The highest BCUT2D eigenvalue weighted by atomic mass is 35.5. The molecule has 32 heavy (non-hydrogen) atoms. The van der Waals surface area contributed by atoms with E-state index in [1.165, 1.54) is 18.3 Å². The zero-order valence-corrected chi connectivity index (χ0v) is 17.6. The summed E-state index contributed by atoms with van der Waals surface area (Å²) in [5, 5.41) is 18.7. The zero-order valence-electron chi connectivity index (χ0n) is 16.8. The molecule has 2 aromatic carbocycles. The Bertz CT molecular complexity index is 1100. The van der Waals surface area contributed by atoms with Gasteiger partial charge in [0.2, 0.25) is 17.8 Å². The third-order valence-electron chi connectivity index (χ3n) is 4.50. The number of nitro groups is 1. The zero-order chi connectivity index (χ0) is 22.3. The molecule has 4 rings (SSSR count). The molecule has 1 saturated heterocycles. The highest BCUT2D eigenvalue weighted by Gasteiger charge is 2.16. The SMILES string of the molecule is O=[N+]([O-])c1ccc(/C=N/Nc2nc(Nc3ccc(Cl)cc3)nc(N3CCOCC3)n2)cc1. The van der Waals surface area contributed by atoms with Crippen LogP contribution in [0.3, 0.4) is 0 Å². The summed E-state index contributed by atoms with van der Waals surface area (Å²) < 4.78 is 5.40. The molecule has 0 aliphatic carbocycles. The Hall–Kier alpha value is -3.83. The van der Waals surface area contributed by atoms with E-state index in [0.717, 1.165) is 5.69 Å². The van der Waals surface area contributed by atoms with Crippen molar-refractivity contribution in [1.29, 1.82) is 0 Å². The van der Waals surface area contributed by atoms with Gasteiger partial charge in [0.1, 0.15) is 0 Å². The molecule has 0 unspecified atom stereocenters. The van der Waals surface area contributed by atoms with Gasteiger partial charge in [-0.15, -0.1) is 0 Å². The molecule has 0 spiro atoms. The summed E-state index contributed by atoms with van der Waals surface area (Å²) in [5.74, 6) is 1.08. The maximum Gasteiger partial charge on any atom is 0.269 e. The summed E-state index contributed by atoms with van der Waals surface area (Å²) in [5.41, 5.74) is 4.27. The molecule has 0 atom stereocenters. The van der Waals surface area contributed by atoms with Crippen LogP contribution in [-0.2, 0) is 4.74 Å². The van der Waals surface area contributed by atoms with E-state index in [9.17, 15) is 10.1 Å². The fraction of sp³-hybridized carbons (Fsp3) is 0.200. The van der Waals surface area contributed by atoms with Gasteiger partial charge in [-0.05, 0) is 42.0 Å². The van der Waals surface area contributed by atoms with Gasteiger partial charge in [-0.2, -0.15) is 20.1 Å². The molecule has 1 aromatic heterocycles. The molecule has 11 nitrogen and oxygen atoms in total. The van der Waals surface area contributed by atoms with Gasteiger partial charge in [-0.25, -0.2) is 5.43 Å². The first kappa shape index (κ1) is 21.4. The van der Waals surface area contributed by atoms with Crippen molar-refractivity contribution in [3.05, 3.63) is 69.2 Å². The van der Waals surface area contributed by atoms with E-state index in [1.807, 2.05) is 17.0 Å². The van der Waals surface area contributed by atoms with Crippen molar-refractivity contribution in [2.24, 2.45) is 5.10 Å². The van der Waals surface area contributed by atoms with Crippen molar-refractivity contribution in [3.63, 3.8) is 0 Å². The topological polar surface area (TPSA) is 131 Å². The average Bonchev–Trinajstić information content (AvgIpc) is 2.81. The largest absolute Gasteiger partial charge is 0.378 e. The maximum absolute atomic E-state index is 10.8. The first-order chi connectivity index (χ1) is 15.6. The molecule has 0 saturated carbocycles. The predicted octanol–water partition coefficient (Wildman–Crippen LogP) is 3.46. The van der Waals surface area contributed by atoms with Gasteiger partial charge in [0.05, 0.1) is 24.4 Å². The van der Waals surface area contributed by atoms with Crippen molar-refractivity contribution in [2.45, 2.75) is 0 Å². The van der Waals surface area contributed by atoms with E-state index < -0.39 is 4.92 Å². The third-order valence-corrected chi connectivity index (χ3v) is 4.75. The number of nitro benzene ring substituents is 1. The molecule has 2 heterocycles. The van der Waals surface area contributed by atoms with E-state index in [2.05, 4.69) is 30.8 Å². The van der Waals surface area contributed by atoms with Crippen LogP contribution in [0, 0.1) is 10.1 Å². The van der Waals surface area contributed by atoms with Crippen LogP contribution in [0.15, 0.2) is 53.6 Å². The number of rotatable bonds is 7. The van der Waals surface area contributed by atoms with Crippen LogP contribution < -0.4 is 15.6 Å². The lowest BCUT2D eigenvalue weighted by Gasteiger charge is -2.27. The molecule has 1 aliphatic heterocycles. The van der Waals surface area contributed by atoms with Crippen molar-refractivity contribution in [2.75, 3.05) is 41.9 Å². The number of benzene rings is 2. The Kier molecular flexibility index (Phi) is 6.68. The van der Waals surface area contributed by atoms with E-state index in [4.69, 9.17) is 16.3 Å². The number of non-ortho nitro benzene ring substituents is 1. The minimum Gasteiger partial charge on any atom is -0.378 e. The van der Waals surface area contributed by atoms with Gasteiger partial charge in [-0.3, -0.25) is 10.1 Å². The standard InChI is InChI=1S/C20H19ClN8O3/c21-15-3-5-16(6-4-15)23-18-24-19(26-20(25-18)28-9-11-32-12-10-28)27-22-13-14-1-7-17(8-2-14)29(30)31/h1-8,13H,9-12H2,(H2,23,24,25,26,27)/b22-13+. The van der Waals surface area contributed by atoms with Crippen LogP contribution in [0.25, 0.3) is 0 Å². The second-order valence-electron chi connectivity index (χ2n) is 6.73. The van der Waals surface area contributed by atoms with E-state index in [0.29, 0.717) is 48.8 Å². The number of hydrogen-bond acceptors (Lipinski definition) is 10. The van der Waals surface area contributed by atoms with Crippen molar-refractivity contribution in [1.82, 2.24) is 15.0 Å². The molecule has 2 N–H and O–H groups in total. The van der Waals surface area contributed by atoms with E-state index in [1.54, 1.807) is 24.3 Å². The van der Waals surface area contributed by atoms with Crippen LogP contribution in [-0.4, -0.2) is 52.4 Å². The van der Waals surface area contributed by atoms with Gasteiger partial charge in [-0.1, -0.05) is 11.6 Å². The predicted molar refractivity (Wildman–Crippen MR) is 122 cm³/mol. The summed E-state index contributed by atoms with van der Waals surface area (Å²) in [4.78, 5) is 25.7. The minimum atomic E-state index is -0.452. The fourth-order valence-electron chi connectivity index (χ4n) is 2.88. The molecule has 12 heteroatoms. The number of anilines is 4. The summed E-state index contributed by atoms with van der Waals surface area (Å²) in [7, 11) is 0. The number of nitrogens with one attached hydrogen (secondary N) is 2. The lowest BCUT2D eigenvalue weighted by atomic mass is 10.2. The van der Waals surface area contributed by atoms with Crippen LogP contribution in [0.1, 0.15) is 5.56 Å². The van der Waals surface area contributed by atoms with Crippen molar-refractivity contribution >= 4 is 47.0 Å². The molecule has 1 aliphatic rings. The fourth-order valence-corrected chi connectivity index (χ4v) is 3.01. The van der Waals surface area contributed by atoms with Crippen LogP contribution in [0.2, 0.25) is 5.02 Å². The molecular weight excluding hydrogens is 436 g/mol. The van der Waals surface area contributed by atoms with Gasteiger partial charge in [0.15, 0.2) is 0 Å². The average molecular weight is 455 g/mol. The molecule has 0 bridgehead atoms. The first-order valence-corrected chi connectivity index (χ1v) is 10.1. The van der Waals surface area contributed by atoms with Gasteiger partial charge in [0, 0.05) is 35.9 Å². The van der Waals surface area contributed by atoms with Crippen molar-refractivity contribution < 1.29 is 9.66 Å². The summed E-state index contributed by atoms with van der Waals surface area (Å²) in [6.07, 6.45) is 1.52. The normalized spacial score (nSPS) is 13.8. The van der Waals surface area contributed by atoms with Gasteiger partial charge >= 0.3 is 0 Å². The number of hydrazone groups is 1. The molecule has 3 aromatic rings. The summed E-state index contributed by atoms with van der Waals surface area (Å²) >= 11 is 5.95. The van der Waals surface area contributed by atoms with Crippen LogP contribution in [0.5, 0.6) is 0 Å².